The lowest BCUT2D eigenvalue weighted by atomic mass is 10.0. The van der Waals surface area contributed by atoms with E-state index in [1.165, 1.54) is 38.5 Å². The molecule has 0 radical (unpaired) electrons. The Bertz CT molecular complexity index is 783. The first kappa shape index (κ1) is 24.4. The third-order valence-electron chi connectivity index (χ3n) is 5.73. The molecule has 7 nitrogen and oxygen atoms in total. The predicted octanol–water partition coefficient (Wildman–Crippen LogP) is 3.96. The maximum atomic E-state index is 5.23. The molecule has 8 heteroatoms. The van der Waals surface area contributed by atoms with Gasteiger partial charge >= 0.3 is 0 Å². The van der Waals surface area contributed by atoms with Crippen molar-refractivity contribution in [1.29, 1.82) is 0 Å². The van der Waals surface area contributed by atoms with E-state index in [0.717, 1.165) is 41.4 Å². The molecular formula is C22H35IN6O. The summed E-state index contributed by atoms with van der Waals surface area (Å²) in [5, 5.41) is 15.2. The Hall–Kier alpha value is -1.84. The van der Waals surface area contributed by atoms with Crippen LogP contribution < -0.4 is 15.4 Å². The van der Waals surface area contributed by atoms with Gasteiger partial charge in [-0.1, -0.05) is 37.8 Å². The molecule has 1 fully saturated rings. The van der Waals surface area contributed by atoms with Crippen molar-refractivity contribution in [3.05, 3.63) is 41.5 Å². The zero-order valence-corrected chi connectivity index (χ0v) is 20.7. The fourth-order valence-electron chi connectivity index (χ4n) is 3.74. The highest BCUT2D eigenvalue weighted by molar-refractivity contribution is 14.0. The van der Waals surface area contributed by atoms with Crippen molar-refractivity contribution in [2.45, 2.75) is 58.5 Å². The molecule has 3 rings (SSSR count). The largest absolute Gasteiger partial charge is 0.497 e. The normalized spacial score (nSPS) is 14.4. The summed E-state index contributed by atoms with van der Waals surface area (Å²) in [6.45, 7) is 4.09. The average Bonchev–Trinajstić information content (AvgIpc) is 3.38. The minimum atomic E-state index is 0. The number of halogens is 1. The Morgan fingerprint density at radius 1 is 1.17 bits per heavy atom. The smallest absolute Gasteiger partial charge is 0.191 e. The lowest BCUT2D eigenvalue weighted by molar-refractivity contribution is 0.414. The molecule has 0 amide bonds. The first-order valence-corrected chi connectivity index (χ1v) is 10.7. The van der Waals surface area contributed by atoms with Crippen LogP contribution in [0, 0.1) is 12.8 Å². The molecule has 2 N–H and O–H groups in total. The van der Waals surface area contributed by atoms with E-state index in [0.29, 0.717) is 13.1 Å². The van der Waals surface area contributed by atoms with E-state index in [2.05, 4.69) is 20.8 Å². The second-order valence-corrected chi connectivity index (χ2v) is 7.81. The summed E-state index contributed by atoms with van der Waals surface area (Å²) in [7, 11) is 3.66. The number of guanidine groups is 1. The van der Waals surface area contributed by atoms with E-state index in [1.54, 1.807) is 7.11 Å². The second kappa shape index (κ2) is 12.8. The van der Waals surface area contributed by atoms with Gasteiger partial charge in [-0.15, -0.1) is 34.2 Å². The lowest BCUT2D eigenvalue weighted by Crippen LogP contribution is -2.38. The van der Waals surface area contributed by atoms with Crippen molar-refractivity contribution in [2.24, 2.45) is 18.0 Å². The quantitative estimate of drug-likeness (QED) is 0.224. The summed E-state index contributed by atoms with van der Waals surface area (Å²) in [6.07, 6.45) is 8.11. The number of hydrogen-bond acceptors (Lipinski definition) is 4. The number of benzene rings is 1. The minimum absolute atomic E-state index is 0. The fourth-order valence-corrected chi connectivity index (χ4v) is 3.74. The molecule has 30 heavy (non-hydrogen) atoms. The fraction of sp³-hybridized carbons (Fsp3) is 0.591. The molecule has 166 valence electrons. The number of aliphatic imine (C=N–C) groups is 1. The molecule has 0 atom stereocenters. The molecule has 1 aromatic carbocycles. The van der Waals surface area contributed by atoms with Crippen LogP contribution in [0.1, 0.15) is 55.7 Å². The summed E-state index contributed by atoms with van der Waals surface area (Å²) < 4.78 is 7.22. The van der Waals surface area contributed by atoms with E-state index in [1.807, 2.05) is 42.8 Å². The van der Waals surface area contributed by atoms with E-state index in [4.69, 9.17) is 9.73 Å². The minimum Gasteiger partial charge on any atom is -0.497 e. The van der Waals surface area contributed by atoms with Crippen molar-refractivity contribution in [2.75, 3.05) is 13.7 Å². The summed E-state index contributed by atoms with van der Waals surface area (Å²) in [5.74, 6) is 4.40. The Morgan fingerprint density at radius 2 is 1.90 bits per heavy atom. The SMILES string of the molecule is COc1ccc(CN=C(NCCCC2CCCC2)NCc2nnc(C)n2C)cc1.I. The Morgan fingerprint density at radius 3 is 2.53 bits per heavy atom. The molecule has 1 saturated carbocycles. The molecule has 1 aliphatic carbocycles. The zero-order chi connectivity index (χ0) is 20.5. The molecular weight excluding hydrogens is 491 g/mol. The van der Waals surface area contributed by atoms with Crippen molar-refractivity contribution < 1.29 is 4.74 Å². The van der Waals surface area contributed by atoms with Crippen LogP contribution in [0.2, 0.25) is 0 Å². The Kier molecular flexibility index (Phi) is 10.4. The summed E-state index contributed by atoms with van der Waals surface area (Å²) in [5.41, 5.74) is 1.15. The van der Waals surface area contributed by atoms with Crippen LogP contribution in [0.25, 0.3) is 0 Å². The summed E-state index contributed by atoms with van der Waals surface area (Å²) in [4.78, 5) is 4.77. The molecule has 0 bridgehead atoms. The Labute approximate surface area is 197 Å². The van der Waals surface area contributed by atoms with Crippen molar-refractivity contribution in [3.8, 4) is 5.75 Å². The number of aromatic nitrogens is 3. The molecule has 1 heterocycles. The Balaban J connectivity index is 0.00000320. The first-order valence-electron chi connectivity index (χ1n) is 10.7. The molecule has 0 spiro atoms. The number of methoxy groups -OCH3 is 1. The maximum Gasteiger partial charge on any atom is 0.191 e. The molecule has 1 aromatic heterocycles. The van der Waals surface area contributed by atoms with Gasteiger partial charge in [0.2, 0.25) is 0 Å². The van der Waals surface area contributed by atoms with Crippen molar-refractivity contribution in [3.63, 3.8) is 0 Å². The number of hydrogen-bond donors (Lipinski definition) is 2. The van der Waals surface area contributed by atoms with Crippen LogP contribution in [0.5, 0.6) is 5.75 Å². The van der Waals surface area contributed by atoms with Crippen LogP contribution in [-0.4, -0.2) is 34.4 Å². The zero-order valence-electron chi connectivity index (χ0n) is 18.4. The van der Waals surface area contributed by atoms with E-state index < -0.39 is 0 Å². The highest BCUT2D eigenvalue weighted by atomic mass is 127. The molecule has 2 aromatic rings. The number of aryl methyl sites for hydroxylation is 1. The van der Waals surface area contributed by atoms with E-state index >= 15 is 0 Å². The van der Waals surface area contributed by atoms with Crippen molar-refractivity contribution in [1.82, 2.24) is 25.4 Å². The first-order chi connectivity index (χ1) is 14.2. The number of ether oxygens (including phenoxy) is 1. The van der Waals surface area contributed by atoms with Gasteiger partial charge < -0.3 is 19.9 Å². The van der Waals surface area contributed by atoms with Gasteiger partial charge in [0, 0.05) is 13.6 Å². The number of nitrogens with zero attached hydrogens (tertiary/aromatic N) is 4. The van der Waals surface area contributed by atoms with Crippen LogP contribution in [0.15, 0.2) is 29.3 Å². The predicted molar refractivity (Wildman–Crippen MR) is 131 cm³/mol. The van der Waals surface area contributed by atoms with E-state index in [9.17, 15) is 0 Å². The number of nitrogens with one attached hydrogen (secondary N) is 2. The molecule has 0 saturated heterocycles. The highest BCUT2D eigenvalue weighted by Gasteiger charge is 2.14. The third-order valence-corrected chi connectivity index (χ3v) is 5.73. The van der Waals surface area contributed by atoms with Gasteiger partial charge in [-0.3, -0.25) is 0 Å². The van der Waals surface area contributed by atoms with Crippen LogP contribution >= 0.6 is 24.0 Å². The standard InChI is InChI=1S/C22H34N6O.HI/c1-17-26-27-21(28(17)2)16-25-22(23-14-6-9-18-7-4-5-8-18)24-15-19-10-12-20(29-3)13-11-19;/h10-13,18H,4-9,14-16H2,1-3H3,(H2,23,24,25);1H. The molecule has 0 unspecified atom stereocenters. The van der Waals surface area contributed by atoms with Crippen LogP contribution in [-0.2, 0) is 20.1 Å². The van der Waals surface area contributed by atoms with Crippen LogP contribution in [0.4, 0.5) is 0 Å². The number of rotatable bonds is 9. The highest BCUT2D eigenvalue weighted by Crippen LogP contribution is 2.28. The van der Waals surface area contributed by atoms with E-state index in [-0.39, 0.29) is 24.0 Å². The molecule has 0 aliphatic heterocycles. The molecule has 1 aliphatic rings. The monoisotopic (exact) mass is 526 g/mol. The van der Waals surface area contributed by atoms with Gasteiger partial charge in [0.1, 0.15) is 11.6 Å². The second-order valence-electron chi connectivity index (χ2n) is 7.81. The van der Waals surface area contributed by atoms with Crippen molar-refractivity contribution >= 4 is 29.9 Å². The summed E-state index contributed by atoms with van der Waals surface area (Å²) >= 11 is 0. The van der Waals surface area contributed by atoms with Gasteiger partial charge in [-0.2, -0.15) is 0 Å². The third kappa shape index (κ3) is 7.45. The van der Waals surface area contributed by atoms with Gasteiger partial charge in [0.05, 0.1) is 20.2 Å². The van der Waals surface area contributed by atoms with Gasteiger partial charge in [0.25, 0.3) is 0 Å². The van der Waals surface area contributed by atoms with Gasteiger partial charge in [-0.25, -0.2) is 4.99 Å². The van der Waals surface area contributed by atoms with Crippen LogP contribution in [0.3, 0.4) is 0 Å². The lowest BCUT2D eigenvalue weighted by Gasteiger charge is -2.14. The summed E-state index contributed by atoms with van der Waals surface area (Å²) in [6, 6.07) is 8.03. The van der Waals surface area contributed by atoms with Gasteiger partial charge in [-0.05, 0) is 43.4 Å². The maximum absolute atomic E-state index is 5.23. The topological polar surface area (TPSA) is 76.4 Å². The average molecular weight is 526 g/mol. The van der Waals surface area contributed by atoms with Gasteiger partial charge in [0.15, 0.2) is 11.8 Å².